The highest BCUT2D eigenvalue weighted by atomic mass is 16.5. The van der Waals surface area contributed by atoms with Crippen molar-refractivity contribution in [2.24, 2.45) is 0 Å². The van der Waals surface area contributed by atoms with Gasteiger partial charge in [0.2, 0.25) is 5.91 Å². The highest BCUT2D eigenvalue weighted by Crippen LogP contribution is 2.33. The number of rotatable bonds is 3. The molecular weight excluding hydrogens is 320 g/mol. The van der Waals surface area contributed by atoms with Gasteiger partial charge in [0.1, 0.15) is 5.76 Å². The Labute approximate surface area is 145 Å². The van der Waals surface area contributed by atoms with Gasteiger partial charge in [-0.2, -0.15) is 0 Å². The van der Waals surface area contributed by atoms with Crippen molar-refractivity contribution in [2.75, 3.05) is 6.54 Å². The lowest BCUT2D eigenvalue weighted by Crippen LogP contribution is -2.52. The Morgan fingerprint density at radius 3 is 2.80 bits per heavy atom. The molecule has 4 rings (SSSR count). The van der Waals surface area contributed by atoms with Gasteiger partial charge >= 0.3 is 0 Å². The maximum atomic E-state index is 12.8. The summed E-state index contributed by atoms with van der Waals surface area (Å²) in [6.07, 6.45) is 5.44. The molecule has 0 unspecified atom stereocenters. The van der Waals surface area contributed by atoms with Crippen molar-refractivity contribution in [2.45, 2.75) is 44.8 Å². The molecule has 7 heteroatoms. The van der Waals surface area contributed by atoms with E-state index in [1.165, 1.54) is 0 Å². The first kappa shape index (κ1) is 15.8. The number of likely N-dealkylation sites (tertiary alicyclic amines) is 2. The van der Waals surface area contributed by atoms with Gasteiger partial charge in [0.05, 0.1) is 12.1 Å². The van der Waals surface area contributed by atoms with Gasteiger partial charge in [-0.3, -0.25) is 14.6 Å². The molecule has 2 saturated heterocycles. The predicted octanol–water partition coefficient (Wildman–Crippen LogP) is 1.78. The summed E-state index contributed by atoms with van der Waals surface area (Å²) in [6, 6.07) is 5.62. The summed E-state index contributed by atoms with van der Waals surface area (Å²) in [6.45, 7) is 2.97. The van der Waals surface area contributed by atoms with Crippen LogP contribution in [0.1, 0.15) is 41.1 Å². The number of fused-ring (bicyclic) bond motifs is 1. The SMILES string of the molecule is Cc1cc(C(=O)N2CC[C@@H]3[C@H]2CCC(=O)N3Cc2ccncc2)no1. The maximum Gasteiger partial charge on any atom is 0.276 e. The van der Waals surface area contributed by atoms with Crippen molar-refractivity contribution in [1.29, 1.82) is 0 Å². The summed E-state index contributed by atoms with van der Waals surface area (Å²) in [5, 5.41) is 3.85. The van der Waals surface area contributed by atoms with Crippen molar-refractivity contribution in [3.05, 3.63) is 47.6 Å². The lowest BCUT2D eigenvalue weighted by Gasteiger charge is -2.39. The van der Waals surface area contributed by atoms with Crippen LogP contribution in [0.2, 0.25) is 0 Å². The number of aryl methyl sites for hydroxylation is 1. The van der Waals surface area contributed by atoms with E-state index in [0.29, 0.717) is 37.4 Å². The molecule has 2 aliphatic heterocycles. The van der Waals surface area contributed by atoms with Crippen molar-refractivity contribution < 1.29 is 14.1 Å². The van der Waals surface area contributed by atoms with Crippen LogP contribution in [-0.4, -0.2) is 50.4 Å². The number of amides is 2. The third-order valence-electron chi connectivity index (χ3n) is 5.10. The van der Waals surface area contributed by atoms with Crippen molar-refractivity contribution >= 4 is 11.8 Å². The smallest absolute Gasteiger partial charge is 0.276 e. The Hall–Kier alpha value is -2.70. The molecule has 7 nitrogen and oxygen atoms in total. The molecule has 0 saturated carbocycles. The average molecular weight is 340 g/mol. The van der Waals surface area contributed by atoms with Crippen LogP contribution in [0, 0.1) is 6.92 Å². The number of hydrogen-bond acceptors (Lipinski definition) is 5. The minimum atomic E-state index is -0.109. The molecule has 2 fully saturated rings. The molecule has 2 atom stereocenters. The van der Waals surface area contributed by atoms with Crippen LogP contribution in [0.3, 0.4) is 0 Å². The van der Waals surface area contributed by atoms with Gasteiger partial charge in [0, 0.05) is 38.0 Å². The molecule has 2 aromatic heterocycles. The van der Waals surface area contributed by atoms with E-state index in [-0.39, 0.29) is 23.9 Å². The average Bonchev–Trinajstić information content (AvgIpc) is 3.24. The normalized spacial score (nSPS) is 23.0. The first-order chi connectivity index (χ1) is 12.1. The Kier molecular flexibility index (Phi) is 3.99. The van der Waals surface area contributed by atoms with Gasteiger partial charge in [-0.05, 0) is 37.5 Å². The van der Waals surface area contributed by atoms with Crippen LogP contribution in [0.25, 0.3) is 0 Å². The van der Waals surface area contributed by atoms with Gasteiger partial charge in [-0.15, -0.1) is 0 Å². The zero-order chi connectivity index (χ0) is 17.4. The fourth-order valence-electron chi connectivity index (χ4n) is 3.91. The monoisotopic (exact) mass is 340 g/mol. The first-order valence-electron chi connectivity index (χ1n) is 8.56. The highest BCUT2D eigenvalue weighted by molar-refractivity contribution is 5.93. The molecule has 2 aliphatic rings. The van der Waals surface area contributed by atoms with Gasteiger partial charge in [0.25, 0.3) is 5.91 Å². The number of aromatic nitrogens is 2. The molecule has 0 radical (unpaired) electrons. The van der Waals surface area contributed by atoms with Gasteiger partial charge < -0.3 is 14.3 Å². The molecule has 0 N–H and O–H groups in total. The van der Waals surface area contributed by atoms with E-state index >= 15 is 0 Å². The molecule has 2 amide bonds. The van der Waals surface area contributed by atoms with Crippen molar-refractivity contribution in [3.8, 4) is 0 Å². The summed E-state index contributed by atoms with van der Waals surface area (Å²) < 4.78 is 5.03. The van der Waals surface area contributed by atoms with Gasteiger partial charge in [-0.1, -0.05) is 5.16 Å². The largest absolute Gasteiger partial charge is 0.361 e. The topological polar surface area (TPSA) is 79.5 Å². The number of piperidine rings is 1. The molecule has 0 aromatic carbocycles. The quantitative estimate of drug-likeness (QED) is 0.851. The second-order valence-electron chi connectivity index (χ2n) is 6.66. The number of carbonyl (C=O) groups is 2. The number of pyridine rings is 1. The van der Waals surface area contributed by atoms with Crippen LogP contribution in [-0.2, 0) is 11.3 Å². The molecule has 0 aliphatic carbocycles. The van der Waals surface area contributed by atoms with Crippen molar-refractivity contribution in [3.63, 3.8) is 0 Å². The Morgan fingerprint density at radius 2 is 2.08 bits per heavy atom. The molecule has 0 spiro atoms. The second-order valence-corrected chi connectivity index (χ2v) is 6.66. The van der Waals surface area contributed by atoms with Crippen LogP contribution < -0.4 is 0 Å². The lowest BCUT2D eigenvalue weighted by atomic mass is 9.95. The number of hydrogen-bond donors (Lipinski definition) is 0. The van der Waals surface area contributed by atoms with E-state index < -0.39 is 0 Å². The van der Waals surface area contributed by atoms with E-state index in [1.54, 1.807) is 25.4 Å². The Morgan fingerprint density at radius 1 is 1.28 bits per heavy atom. The third kappa shape index (κ3) is 2.90. The zero-order valence-corrected chi connectivity index (χ0v) is 14.1. The number of carbonyl (C=O) groups excluding carboxylic acids is 2. The predicted molar refractivity (Wildman–Crippen MR) is 88.5 cm³/mol. The zero-order valence-electron chi connectivity index (χ0n) is 14.1. The van der Waals surface area contributed by atoms with Gasteiger partial charge in [-0.25, -0.2) is 0 Å². The first-order valence-corrected chi connectivity index (χ1v) is 8.56. The van der Waals surface area contributed by atoms with Crippen LogP contribution in [0.15, 0.2) is 35.1 Å². The minimum Gasteiger partial charge on any atom is -0.361 e. The molecule has 130 valence electrons. The molecule has 0 bridgehead atoms. The minimum absolute atomic E-state index is 0.0454. The Bertz CT molecular complexity index is 789. The summed E-state index contributed by atoms with van der Waals surface area (Å²) in [5.41, 5.74) is 1.40. The van der Waals surface area contributed by atoms with Gasteiger partial charge in [0.15, 0.2) is 5.69 Å². The van der Waals surface area contributed by atoms with E-state index in [0.717, 1.165) is 12.0 Å². The van der Waals surface area contributed by atoms with E-state index in [2.05, 4.69) is 10.1 Å². The highest BCUT2D eigenvalue weighted by Gasteiger charge is 2.45. The van der Waals surface area contributed by atoms with E-state index in [1.807, 2.05) is 21.9 Å². The lowest BCUT2D eigenvalue weighted by molar-refractivity contribution is -0.138. The summed E-state index contributed by atoms with van der Waals surface area (Å²) in [7, 11) is 0. The van der Waals surface area contributed by atoms with Crippen LogP contribution in [0.5, 0.6) is 0 Å². The molecule has 2 aromatic rings. The summed E-state index contributed by atoms with van der Waals surface area (Å²) in [5.74, 6) is 0.671. The third-order valence-corrected chi connectivity index (χ3v) is 5.10. The van der Waals surface area contributed by atoms with Crippen LogP contribution in [0.4, 0.5) is 0 Å². The second kappa shape index (κ2) is 6.31. The maximum absolute atomic E-state index is 12.8. The summed E-state index contributed by atoms with van der Waals surface area (Å²) >= 11 is 0. The number of nitrogens with zero attached hydrogens (tertiary/aromatic N) is 4. The van der Waals surface area contributed by atoms with E-state index in [9.17, 15) is 9.59 Å². The summed E-state index contributed by atoms with van der Waals surface area (Å²) in [4.78, 5) is 33.0. The fraction of sp³-hybridized carbons (Fsp3) is 0.444. The Balaban J connectivity index is 1.53. The standard InChI is InChI=1S/C18H20N4O3/c1-12-10-14(20-25-12)18(24)21-9-6-16-15(21)2-3-17(23)22(16)11-13-4-7-19-8-5-13/h4-5,7-8,10,15-16H,2-3,6,9,11H2,1H3/t15-,16-/m1/s1. The van der Waals surface area contributed by atoms with Crippen LogP contribution >= 0.6 is 0 Å². The van der Waals surface area contributed by atoms with Crippen molar-refractivity contribution in [1.82, 2.24) is 19.9 Å². The van der Waals surface area contributed by atoms with E-state index in [4.69, 9.17) is 4.52 Å². The fourth-order valence-corrected chi connectivity index (χ4v) is 3.91. The molecule has 4 heterocycles. The molecular formula is C18H20N4O3. The molecule has 25 heavy (non-hydrogen) atoms.